The van der Waals surface area contributed by atoms with Gasteiger partial charge in [-0.1, -0.05) is 13.8 Å². The molecule has 1 aliphatic rings. The number of hydrogen-bond donors (Lipinski definition) is 1. The van der Waals surface area contributed by atoms with E-state index in [1.54, 1.807) is 0 Å². The number of aliphatic hydroxyl groups excluding tert-OH is 1. The van der Waals surface area contributed by atoms with Crippen molar-refractivity contribution in [3.8, 4) is 0 Å². The van der Waals surface area contributed by atoms with Gasteiger partial charge in [0.2, 0.25) is 0 Å². The van der Waals surface area contributed by atoms with Crippen LogP contribution in [0.5, 0.6) is 0 Å². The van der Waals surface area contributed by atoms with Gasteiger partial charge in [0.05, 0.1) is 6.61 Å². The van der Waals surface area contributed by atoms with Crippen molar-refractivity contribution in [2.75, 3.05) is 13.2 Å². The van der Waals surface area contributed by atoms with Crippen LogP contribution in [0.3, 0.4) is 0 Å². The van der Waals surface area contributed by atoms with Crippen LogP contribution in [0.15, 0.2) is 0 Å². The summed E-state index contributed by atoms with van der Waals surface area (Å²) in [7, 11) is 0. The Bertz CT molecular complexity index is 115. The fourth-order valence-electron chi connectivity index (χ4n) is 1.51. The zero-order chi connectivity index (χ0) is 9.78. The van der Waals surface area contributed by atoms with Crippen LogP contribution < -0.4 is 0 Å². The molecule has 12 heavy (non-hydrogen) atoms. The maximum Gasteiger partial charge on any atom is 0.0587 e. The Kier molecular flexibility index (Phi) is 4.80. The van der Waals surface area contributed by atoms with Crippen molar-refractivity contribution in [2.24, 2.45) is 0 Å². The maximum atomic E-state index is 8.88. The minimum atomic E-state index is 0.242. The second kappa shape index (κ2) is 4.83. The van der Waals surface area contributed by atoms with E-state index in [0.29, 0.717) is 12.6 Å². The minimum absolute atomic E-state index is 0.242. The Morgan fingerprint density at radius 3 is 1.92 bits per heavy atom. The van der Waals surface area contributed by atoms with Crippen LogP contribution in [-0.2, 0) is 0 Å². The zero-order valence-corrected chi connectivity index (χ0v) is 9.09. The molecule has 1 atom stereocenters. The van der Waals surface area contributed by atoms with E-state index in [0.717, 1.165) is 13.0 Å². The molecule has 0 aliphatic carbocycles. The molecule has 1 rings (SSSR count). The van der Waals surface area contributed by atoms with Gasteiger partial charge in [0, 0.05) is 18.1 Å². The van der Waals surface area contributed by atoms with Crippen LogP contribution in [0.25, 0.3) is 0 Å². The molecule has 0 spiro atoms. The quantitative estimate of drug-likeness (QED) is 0.654. The number of likely N-dealkylation sites (tertiary alicyclic amines) is 1. The van der Waals surface area contributed by atoms with Crippen molar-refractivity contribution in [3.05, 3.63) is 0 Å². The molecule has 1 aliphatic heterocycles. The Labute approximate surface area is 76.6 Å². The molecule has 0 aromatic carbocycles. The van der Waals surface area contributed by atoms with Crippen LogP contribution in [0, 0.1) is 0 Å². The lowest BCUT2D eigenvalue weighted by atomic mass is 9.94. The monoisotopic (exact) mass is 173 g/mol. The van der Waals surface area contributed by atoms with E-state index >= 15 is 0 Å². The predicted molar refractivity (Wildman–Crippen MR) is 53.3 cm³/mol. The first kappa shape index (κ1) is 11.9. The highest BCUT2D eigenvalue weighted by atomic mass is 16.3. The third-order valence-electron chi connectivity index (χ3n) is 2.22. The van der Waals surface area contributed by atoms with Gasteiger partial charge in [-0.2, -0.15) is 0 Å². The Balaban J connectivity index is 0.000000561. The van der Waals surface area contributed by atoms with E-state index in [9.17, 15) is 0 Å². The lowest BCUT2D eigenvalue weighted by molar-refractivity contribution is -0.0261. The molecule has 0 bridgehead atoms. The fraction of sp³-hybridized carbons (Fsp3) is 1.00. The van der Waals surface area contributed by atoms with Gasteiger partial charge in [0.1, 0.15) is 0 Å². The first-order valence-corrected chi connectivity index (χ1v) is 4.93. The average molecular weight is 173 g/mol. The molecule has 1 N–H and O–H groups in total. The van der Waals surface area contributed by atoms with E-state index in [4.69, 9.17) is 5.11 Å². The molecule has 1 heterocycles. The van der Waals surface area contributed by atoms with Crippen LogP contribution in [0.2, 0.25) is 0 Å². The molecule has 0 saturated carbocycles. The topological polar surface area (TPSA) is 23.5 Å². The van der Waals surface area contributed by atoms with Crippen molar-refractivity contribution in [1.82, 2.24) is 4.90 Å². The van der Waals surface area contributed by atoms with E-state index < -0.39 is 0 Å². The van der Waals surface area contributed by atoms with Crippen molar-refractivity contribution in [2.45, 2.75) is 52.6 Å². The van der Waals surface area contributed by atoms with E-state index in [1.807, 2.05) is 13.8 Å². The van der Waals surface area contributed by atoms with Crippen LogP contribution >= 0.6 is 0 Å². The van der Waals surface area contributed by atoms with Gasteiger partial charge in [-0.15, -0.1) is 0 Å². The van der Waals surface area contributed by atoms with Crippen LogP contribution in [0.1, 0.15) is 41.0 Å². The summed E-state index contributed by atoms with van der Waals surface area (Å²) in [5.74, 6) is 0. The SMILES string of the molecule is CC.CC(C)(C)N1CCC1CO. The normalized spacial score (nSPS) is 24.0. The Morgan fingerprint density at radius 2 is 1.83 bits per heavy atom. The molecular weight excluding hydrogens is 150 g/mol. The van der Waals surface area contributed by atoms with Gasteiger partial charge < -0.3 is 5.11 Å². The Morgan fingerprint density at radius 1 is 1.33 bits per heavy atom. The first-order chi connectivity index (χ1) is 5.55. The molecule has 1 unspecified atom stereocenters. The standard InChI is InChI=1S/C8H17NO.C2H6/c1-8(2,3)9-5-4-7(9)6-10;1-2/h7,10H,4-6H2,1-3H3;1-2H3. The largest absolute Gasteiger partial charge is 0.395 e. The second-order valence-electron chi connectivity index (χ2n) is 3.99. The molecule has 2 nitrogen and oxygen atoms in total. The Hall–Kier alpha value is -0.0800. The van der Waals surface area contributed by atoms with Crippen LogP contribution in [-0.4, -0.2) is 34.7 Å². The summed E-state index contributed by atoms with van der Waals surface area (Å²) in [6, 6.07) is 0.431. The third kappa shape index (κ3) is 2.76. The lowest BCUT2D eigenvalue weighted by Crippen LogP contribution is -2.58. The molecule has 74 valence electrons. The van der Waals surface area contributed by atoms with E-state index in [-0.39, 0.29) is 5.54 Å². The molecule has 0 aromatic heterocycles. The fourth-order valence-corrected chi connectivity index (χ4v) is 1.51. The van der Waals surface area contributed by atoms with Gasteiger partial charge in [-0.05, 0) is 27.2 Å². The summed E-state index contributed by atoms with van der Waals surface area (Å²) >= 11 is 0. The van der Waals surface area contributed by atoms with Crippen LogP contribution in [0.4, 0.5) is 0 Å². The minimum Gasteiger partial charge on any atom is -0.395 e. The highest BCUT2D eigenvalue weighted by Gasteiger charge is 2.34. The van der Waals surface area contributed by atoms with Gasteiger partial charge >= 0.3 is 0 Å². The van der Waals surface area contributed by atoms with Gasteiger partial charge in [0.15, 0.2) is 0 Å². The summed E-state index contributed by atoms with van der Waals surface area (Å²) in [4.78, 5) is 2.34. The highest BCUT2D eigenvalue weighted by molar-refractivity contribution is 4.90. The van der Waals surface area contributed by atoms with Gasteiger partial charge in [-0.3, -0.25) is 4.90 Å². The van der Waals surface area contributed by atoms with Crippen molar-refractivity contribution < 1.29 is 5.11 Å². The molecule has 0 amide bonds. The number of rotatable bonds is 1. The summed E-state index contributed by atoms with van der Waals surface area (Å²) in [5, 5.41) is 8.88. The summed E-state index contributed by atoms with van der Waals surface area (Å²) in [6.07, 6.45) is 1.16. The average Bonchev–Trinajstić information content (AvgIpc) is 1.87. The van der Waals surface area contributed by atoms with E-state index in [2.05, 4.69) is 25.7 Å². The first-order valence-electron chi connectivity index (χ1n) is 4.93. The molecule has 2 heteroatoms. The highest BCUT2D eigenvalue weighted by Crippen LogP contribution is 2.26. The second-order valence-corrected chi connectivity index (χ2v) is 3.99. The number of hydrogen-bond acceptors (Lipinski definition) is 2. The molecular formula is C10H23NO. The summed E-state index contributed by atoms with van der Waals surface area (Å²) in [6.45, 7) is 12.0. The third-order valence-corrected chi connectivity index (χ3v) is 2.22. The summed E-state index contributed by atoms with van der Waals surface area (Å²) in [5.41, 5.74) is 0.242. The molecule has 0 aromatic rings. The van der Waals surface area contributed by atoms with Crippen molar-refractivity contribution in [3.63, 3.8) is 0 Å². The summed E-state index contributed by atoms with van der Waals surface area (Å²) < 4.78 is 0. The number of aliphatic hydroxyl groups is 1. The smallest absolute Gasteiger partial charge is 0.0587 e. The van der Waals surface area contributed by atoms with Gasteiger partial charge in [-0.25, -0.2) is 0 Å². The van der Waals surface area contributed by atoms with Crippen molar-refractivity contribution in [1.29, 1.82) is 0 Å². The zero-order valence-electron chi connectivity index (χ0n) is 9.09. The molecule has 0 radical (unpaired) electrons. The lowest BCUT2D eigenvalue weighted by Gasteiger charge is -2.48. The van der Waals surface area contributed by atoms with Crippen molar-refractivity contribution >= 4 is 0 Å². The maximum absolute atomic E-state index is 8.88. The van der Waals surface area contributed by atoms with Gasteiger partial charge in [0.25, 0.3) is 0 Å². The number of nitrogens with zero attached hydrogens (tertiary/aromatic N) is 1. The van der Waals surface area contributed by atoms with E-state index in [1.165, 1.54) is 0 Å². The predicted octanol–water partition coefficient (Wildman–Crippen LogP) is 1.88. The molecule has 1 saturated heterocycles. The molecule has 1 fully saturated rings.